The average Bonchev–Trinajstić information content (AvgIpc) is 3.04. The van der Waals surface area contributed by atoms with Crippen LogP contribution in [0.4, 0.5) is 5.95 Å². The number of nitrogens with one attached hydrogen (secondary N) is 1. The summed E-state index contributed by atoms with van der Waals surface area (Å²) in [5.41, 5.74) is 2.52. The summed E-state index contributed by atoms with van der Waals surface area (Å²) in [7, 11) is 0. The molecule has 5 heteroatoms. The van der Waals surface area contributed by atoms with E-state index in [1.807, 2.05) is 10.7 Å². The van der Waals surface area contributed by atoms with Gasteiger partial charge in [0.1, 0.15) is 6.33 Å². The number of rotatable bonds is 2. The minimum Gasteiger partial charge on any atom is -0.348 e. The Morgan fingerprint density at radius 2 is 1.77 bits per heavy atom. The molecule has 110 valence electrons. The van der Waals surface area contributed by atoms with E-state index in [1.165, 1.54) is 11.1 Å². The Balaban J connectivity index is 1.73. The normalized spacial score (nSPS) is 20.2. The topological polar surface area (TPSA) is 42.7 Å². The summed E-state index contributed by atoms with van der Waals surface area (Å²) in [6, 6.07) is 19.4. The van der Waals surface area contributed by atoms with Crippen LogP contribution in [0.2, 0.25) is 0 Å². The molecule has 1 N–H and O–H groups in total. The van der Waals surface area contributed by atoms with Crippen molar-refractivity contribution < 1.29 is 0 Å². The third-order valence-corrected chi connectivity index (χ3v) is 4.62. The summed E-state index contributed by atoms with van der Waals surface area (Å²) < 4.78 is 3.06. The lowest BCUT2D eigenvalue weighted by atomic mass is 9.93. The molecule has 1 aromatic heterocycles. The average molecular weight is 355 g/mol. The lowest BCUT2D eigenvalue weighted by molar-refractivity contribution is 0.431. The van der Waals surface area contributed by atoms with Gasteiger partial charge in [0.05, 0.1) is 12.1 Å². The second-order valence-electron chi connectivity index (χ2n) is 5.44. The van der Waals surface area contributed by atoms with Crippen molar-refractivity contribution in [2.45, 2.75) is 18.5 Å². The largest absolute Gasteiger partial charge is 0.348 e. The van der Waals surface area contributed by atoms with E-state index in [0.717, 1.165) is 16.8 Å². The van der Waals surface area contributed by atoms with Crippen molar-refractivity contribution in [1.29, 1.82) is 0 Å². The van der Waals surface area contributed by atoms with Gasteiger partial charge < -0.3 is 5.32 Å². The first-order valence-corrected chi connectivity index (χ1v) is 8.07. The van der Waals surface area contributed by atoms with Crippen LogP contribution in [-0.4, -0.2) is 14.8 Å². The van der Waals surface area contributed by atoms with Crippen LogP contribution in [0.1, 0.15) is 29.6 Å². The Labute approximate surface area is 137 Å². The van der Waals surface area contributed by atoms with Crippen molar-refractivity contribution in [2.24, 2.45) is 0 Å². The summed E-state index contributed by atoms with van der Waals surface area (Å²) in [5, 5.41) is 7.88. The Kier molecular flexibility index (Phi) is 3.42. The molecule has 0 saturated carbocycles. The van der Waals surface area contributed by atoms with E-state index >= 15 is 0 Å². The van der Waals surface area contributed by atoms with Crippen LogP contribution in [0, 0.1) is 0 Å². The molecule has 0 radical (unpaired) electrons. The molecule has 2 heterocycles. The Bertz CT molecular complexity index is 767. The van der Waals surface area contributed by atoms with Gasteiger partial charge in [-0.05, 0) is 29.7 Å². The highest BCUT2D eigenvalue weighted by Crippen LogP contribution is 2.37. The molecule has 4 nitrogen and oxygen atoms in total. The fourth-order valence-corrected chi connectivity index (χ4v) is 3.25. The van der Waals surface area contributed by atoms with E-state index in [4.69, 9.17) is 0 Å². The molecule has 2 aromatic carbocycles. The van der Waals surface area contributed by atoms with E-state index < -0.39 is 0 Å². The summed E-state index contributed by atoms with van der Waals surface area (Å²) in [5.74, 6) is 0.827. The van der Waals surface area contributed by atoms with Crippen molar-refractivity contribution in [2.75, 3.05) is 5.32 Å². The number of hydrogen-bond donors (Lipinski definition) is 1. The van der Waals surface area contributed by atoms with E-state index in [-0.39, 0.29) is 12.1 Å². The van der Waals surface area contributed by atoms with Gasteiger partial charge in [-0.2, -0.15) is 10.1 Å². The highest BCUT2D eigenvalue weighted by Gasteiger charge is 2.29. The predicted octanol–water partition coefficient (Wildman–Crippen LogP) is 4.19. The van der Waals surface area contributed by atoms with Gasteiger partial charge in [0.25, 0.3) is 0 Å². The van der Waals surface area contributed by atoms with Crippen LogP contribution in [0.25, 0.3) is 0 Å². The predicted molar refractivity (Wildman–Crippen MR) is 89.7 cm³/mol. The number of halogens is 1. The molecular formula is C17H15BrN4. The van der Waals surface area contributed by atoms with Gasteiger partial charge in [0.2, 0.25) is 5.95 Å². The Hall–Kier alpha value is -2.14. The molecule has 0 spiro atoms. The van der Waals surface area contributed by atoms with Crippen LogP contribution in [-0.2, 0) is 0 Å². The summed E-state index contributed by atoms with van der Waals surface area (Å²) in [4.78, 5) is 4.36. The molecule has 0 saturated heterocycles. The van der Waals surface area contributed by atoms with Crippen molar-refractivity contribution in [3.63, 3.8) is 0 Å². The van der Waals surface area contributed by atoms with Gasteiger partial charge in [0, 0.05) is 4.47 Å². The Morgan fingerprint density at radius 1 is 1.00 bits per heavy atom. The molecule has 0 amide bonds. The second-order valence-corrected chi connectivity index (χ2v) is 6.35. The van der Waals surface area contributed by atoms with Gasteiger partial charge >= 0.3 is 0 Å². The third-order valence-electron chi connectivity index (χ3n) is 4.09. The molecule has 0 aliphatic carbocycles. The molecular weight excluding hydrogens is 340 g/mol. The summed E-state index contributed by atoms with van der Waals surface area (Å²) >= 11 is 3.50. The molecule has 0 fully saturated rings. The zero-order chi connectivity index (χ0) is 14.9. The highest BCUT2D eigenvalue weighted by atomic mass is 79.9. The van der Waals surface area contributed by atoms with Gasteiger partial charge in [-0.1, -0.05) is 58.4 Å². The standard InChI is InChI=1S/C17H15BrN4/c18-14-8-6-13(7-9-14)16-10-15(12-4-2-1-3-5-12)21-17-19-11-20-22(16)17/h1-9,11,15-16H,10H2,(H,19,20,21)/t15-,16-/m0/s1. The fourth-order valence-electron chi connectivity index (χ4n) is 2.99. The molecule has 0 unspecified atom stereocenters. The second kappa shape index (κ2) is 5.57. The van der Waals surface area contributed by atoms with E-state index in [9.17, 15) is 0 Å². The maximum Gasteiger partial charge on any atom is 0.222 e. The molecule has 1 aliphatic heterocycles. The van der Waals surface area contributed by atoms with Crippen molar-refractivity contribution in [3.05, 3.63) is 76.5 Å². The van der Waals surface area contributed by atoms with Crippen LogP contribution in [0.3, 0.4) is 0 Å². The van der Waals surface area contributed by atoms with Crippen LogP contribution in [0.5, 0.6) is 0 Å². The molecule has 2 atom stereocenters. The number of anilines is 1. The summed E-state index contributed by atoms with van der Waals surface area (Å²) in [6.07, 6.45) is 2.56. The third kappa shape index (κ3) is 2.41. The molecule has 0 bridgehead atoms. The first-order chi connectivity index (χ1) is 10.8. The highest BCUT2D eigenvalue weighted by molar-refractivity contribution is 9.10. The molecule has 3 aromatic rings. The van der Waals surface area contributed by atoms with E-state index in [0.29, 0.717) is 0 Å². The van der Waals surface area contributed by atoms with Gasteiger partial charge in [-0.3, -0.25) is 0 Å². The minimum absolute atomic E-state index is 0.192. The van der Waals surface area contributed by atoms with Crippen LogP contribution in [0.15, 0.2) is 65.4 Å². The maximum atomic E-state index is 4.40. The number of aromatic nitrogens is 3. The minimum atomic E-state index is 0.192. The number of hydrogen-bond acceptors (Lipinski definition) is 3. The zero-order valence-electron chi connectivity index (χ0n) is 11.9. The van der Waals surface area contributed by atoms with Crippen molar-refractivity contribution >= 4 is 21.9 Å². The van der Waals surface area contributed by atoms with Crippen molar-refractivity contribution in [1.82, 2.24) is 14.8 Å². The lowest BCUT2D eigenvalue weighted by Crippen LogP contribution is -2.28. The van der Waals surface area contributed by atoms with Gasteiger partial charge in [0.15, 0.2) is 0 Å². The quantitative estimate of drug-likeness (QED) is 0.750. The zero-order valence-corrected chi connectivity index (χ0v) is 13.4. The SMILES string of the molecule is Brc1ccc([C@@H]2C[C@@H](c3ccccc3)Nc3ncnn32)cc1. The number of nitrogens with zero attached hydrogens (tertiary/aromatic N) is 3. The van der Waals surface area contributed by atoms with Crippen LogP contribution < -0.4 is 5.32 Å². The Morgan fingerprint density at radius 3 is 2.55 bits per heavy atom. The van der Waals surface area contributed by atoms with E-state index in [2.05, 4.69) is 79.9 Å². The maximum absolute atomic E-state index is 4.40. The molecule has 22 heavy (non-hydrogen) atoms. The molecule has 4 rings (SSSR count). The molecule has 1 aliphatic rings. The number of fused-ring (bicyclic) bond motifs is 1. The smallest absolute Gasteiger partial charge is 0.222 e. The summed E-state index contributed by atoms with van der Waals surface area (Å²) in [6.45, 7) is 0. The van der Waals surface area contributed by atoms with Crippen molar-refractivity contribution in [3.8, 4) is 0 Å². The van der Waals surface area contributed by atoms with Gasteiger partial charge in [-0.25, -0.2) is 4.68 Å². The fraction of sp³-hybridized carbons (Fsp3) is 0.176. The van der Waals surface area contributed by atoms with Gasteiger partial charge in [-0.15, -0.1) is 0 Å². The first-order valence-electron chi connectivity index (χ1n) is 7.28. The van der Waals surface area contributed by atoms with Crippen LogP contribution >= 0.6 is 15.9 Å². The monoisotopic (exact) mass is 354 g/mol. The number of benzene rings is 2. The van der Waals surface area contributed by atoms with E-state index in [1.54, 1.807) is 6.33 Å². The lowest BCUT2D eigenvalue weighted by Gasteiger charge is -2.31. The first kappa shape index (κ1) is 13.5.